The van der Waals surface area contributed by atoms with Gasteiger partial charge in [0.2, 0.25) is 5.91 Å². The Labute approximate surface area is 98.9 Å². The summed E-state index contributed by atoms with van der Waals surface area (Å²) in [4.78, 5) is 20.5. The molecule has 0 aliphatic heterocycles. The van der Waals surface area contributed by atoms with Crippen molar-refractivity contribution < 1.29 is 42.3 Å². The Morgan fingerprint density at radius 2 is 1.67 bits per heavy atom. The molecular formula is C8H13NO2Y-2. The summed E-state index contributed by atoms with van der Waals surface area (Å²) in [5.74, 6) is -0.250. The van der Waals surface area contributed by atoms with Gasteiger partial charge >= 0.3 is 0 Å². The SMILES string of the molecule is CC(=O)NC([C-]=O)=C(C)C.[CH3-].[Y]. The van der Waals surface area contributed by atoms with Gasteiger partial charge < -0.3 is 17.5 Å². The van der Waals surface area contributed by atoms with E-state index in [4.69, 9.17) is 0 Å². The summed E-state index contributed by atoms with van der Waals surface area (Å²) in [6.07, 6.45) is 1.63. The summed E-state index contributed by atoms with van der Waals surface area (Å²) in [6.45, 7) is 4.81. The van der Waals surface area contributed by atoms with E-state index in [2.05, 4.69) is 5.32 Å². The van der Waals surface area contributed by atoms with Gasteiger partial charge in [0.1, 0.15) is 0 Å². The van der Waals surface area contributed by atoms with Crippen molar-refractivity contribution in [3.63, 3.8) is 0 Å². The van der Waals surface area contributed by atoms with E-state index in [1.807, 2.05) is 0 Å². The fraction of sp³-hybridized carbons (Fsp3) is 0.375. The molecule has 0 saturated heterocycles. The molecule has 0 fully saturated rings. The van der Waals surface area contributed by atoms with Crippen molar-refractivity contribution >= 4 is 12.2 Å². The van der Waals surface area contributed by atoms with Crippen molar-refractivity contribution in [2.24, 2.45) is 0 Å². The predicted octanol–water partition coefficient (Wildman–Crippen LogP) is 0.974. The summed E-state index contributed by atoms with van der Waals surface area (Å²) >= 11 is 0. The minimum absolute atomic E-state index is 0. The number of allylic oxidation sites excluding steroid dienone is 2. The summed E-state index contributed by atoms with van der Waals surface area (Å²) in [5.41, 5.74) is 0.984. The second-order valence-corrected chi connectivity index (χ2v) is 2.16. The maximum absolute atomic E-state index is 10.4. The van der Waals surface area contributed by atoms with E-state index < -0.39 is 0 Å². The Hall–Kier alpha value is -0.0161. The van der Waals surface area contributed by atoms with Gasteiger partial charge in [-0.1, -0.05) is 5.70 Å². The summed E-state index contributed by atoms with van der Waals surface area (Å²) < 4.78 is 0. The second-order valence-electron chi connectivity index (χ2n) is 2.16. The van der Waals surface area contributed by atoms with Crippen molar-refractivity contribution in [3.8, 4) is 0 Å². The minimum atomic E-state index is -0.250. The molecule has 3 nitrogen and oxygen atoms in total. The van der Waals surface area contributed by atoms with E-state index in [-0.39, 0.29) is 51.7 Å². The van der Waals surface area contributed by atoms with Crippen LogP contribution in [0.4, 0.5) is 0 Å². The Kier molecular flexibility index (Phi) is 13.5. The first-order valence-electron chi connectivity index (χ1n) is 2.91. The molecule has 1 N–H and O–H groups in total. The maximum atomic E-state index is 10.4. The zero-order valence-corrected chi connectivity index (χ0v) is 10.7. The number of hydrogen-bond acceptors (Lipinski definition) is 2. The van der Waals surface area contributed by atoms with Gasteiger partial charge in [0, 0.05) is 45.9 Å². The molecule has 0 saturated carbocycles. The van der Waals surface area contributed by atoms with Crippen LogP contribution in [0.15, 0.2) is 11.3 Å². The van der Waals surface area contributed by atoms with Crippen LogP contribution in [-0.2, 0) is 42.3 Å². The van der Waals surface area contributed by atoms with Gasteiger partial charge in [-0.3, -0.25) is 4.79 Å². The van der Waals surface area contributed by atoms with Crippen molar-refractivity contribution in [3.05, 3.63) is 18.7 Å². The molecule has 0 aromatic carbocycles. The molecule has 1 amide bonds. The van der Waals surface area contributed by atoms with Crippen LogP contribution in [0.25, 0.3) is 0 Å². The molecule has 0 rings (SSSR count). The molecule has 0 unspecified atom stereocenters. The van der Waals surface area contributed by atoms with Gasteiger partial charge in [-0.25, -0.2) is 0 Å². The van der Waals surface area contributed by atoms with Crippen molar-refractivity contribution in [2.45, 2.75) is 20.8 Å². The molecule has 0 aliphatic rings. The quantitative estimate of drug-likeness (QED) is 0.581. The molecule has 1 radical (unpaired) electrons. The number of carbonyl (C=O) groups is 1. The van der Waals surface area contributed by atoms with Crippen LogP contribution in [0, 0.1) is 7.43 Å². The standard InChI is InChI=1S/C7H10NO2.CH3.Y/c1-5(2)7(4-9)8-6(3)10;;/h1-3H3,(H,8,10);1H3;/q2*-1;. The van der Waals surface area contributed by atoms with E-state index >= 15 is 0 Å². The van der Waals surface area contributed by atoms with Gasteiger partial charge in [0.05, 0.1) is 0 Å². The van der Waals surface area contributed by atoms with E-state index in [9.17, 15) is 9.59 Å². The van der Waals surface area contributed by atoms with E-state index in [1.165, 1.54) is 6.92 Å². The molecule has 0 aliphatic carbocycles. The second kappa shape index (κ2) is 9.07. The molecule has 0 atom stereocenters. The Balaban J connectivity index is -0.000000405. The Morgan fingerprint density at radius 1 is 1.25 bits per heavy atom. The zero-order chi connectivity index (χ0) is 8.15. The van der Waals surface area contributed by atoms with E-state index in [0.29, 0.717) is 0 Å². The number of carbonyl (C=O) groups excluding carboxylic acids is 2. The summed E-state index contributed by atoms with van der Waals surface area (Å²) in [6, 6.07) is 0. The average molecular weight is 244 g/mol. The third kappa shape index (κ3) is 8.08. The smallest absolute Gasteiger partial charge is 0.218 e. The molecule has 4 heteroatoms. The average Bonchev–Trinajstić information content (AvgIpc) is 1.81. The number of rotatable bonds is 2. The van der Waals surface area contributed by atoms with Gasteiger partial charge in [0.25, 0.3) is 0 Å². The van der Waals surface area contributed by atoms with Gasteiger partial charge in [-0.05, 0) is 0 Å². The van der Waals surface area contributed by atoms with Crippen LogP contribution in [0.3, 0.4) is 0 Å². The molecule has 67 valence electrons. The minimum Gasteiger partial charge on any atom is -0.417 e. The molecule has 0 aromatic rings. The normalized spacial score (nSPS) is 6.92. The van der Waals surface area contributed by atoms with Crippen molar-refractivity contribution in [1.82, 2.24) is 5.32 Å². The first-order chi connectivity index (χ1) is 4.57. The van der Waals surface area contributed by atoms with Crippen LogP contribution < -0.4 is 5.32 Å². The fourth-order valence-electron chi connectivity index (χ4n) is 0.429. The Bertz CT molecular complexity index is 183. The van der Waals surface area contributed by atoms with Crippen molar-refractivity contribution in [1.29, 1.82) is 0 Å². The topological polar surface area (TPSA) is 46.2 Å². The number of hydrogen-bond donors (Lipinski definition) is 1. The van der Waals surface area contributed by atoms with Crippen LogP contribution in [0.1, 0.15) is 20.8 Å². The fourth-order valence-corrected chi connectivity index (χ4v) is 0.429. The molecule has 0 bridgehead atoms. The monoisotopic (exact) mass is 244 g/mol. The maximum Gasteiger partial charge on any atom is 0.218 e. The molecule has 12 heavy (non-hydrogen) atoms. The van der Waals surface area contributed by atoms with Gasteiger partial charge in [-0.15, -0.1) is 13.8 Å². The van der Waals surface area contributed by atoms with E-state index in [1.54, 1.807) is 20.1 Å². The zero-order valence-electron chi connectivity index (χ0n) is 7.89. The predicted molar refractivity (Wildman–Crippen MR) is 44.3 cm³/mol. The first kappa shape index (κ1) is 17.9. The summed E-state index contributed by atoms with van der Waals surface area (Å²) in [5, 5.41) is 2.35. The van der Waals surface area contributed by atoms with Crippen LogP contribution in [-0.4, -0.2) is 12.2 Å². The largest absolute Gasteiger partial charge is 0.417 e. The third-order valence-corrected chi connectivity index (χ3v) is 0.903. The van der Waals surface area contributed by atoms with Gasteiger partial charge in [-0.2, -0.15) is 5.57 Å². The van der Waals surface area contributed by atoms with Gasteiger partial charge in [0.15, 0.2) is 0 Å². The molecule has 0 aromatic heterocycles. The van der Waals surface area contributed by atoms with E-state index in [0.717, 1.165) is 5.57 Å². The number of amides is 1. The molecule has 0 heterocycles. The molecule has 0 spiro atoms. The van der Waals surface area contributed by atoms with Crippen LogP contribution in [0.5, 0.6) is 0 Å². The van der Waals surface area contributed by atoms with Crippen LogP contribution in [0.2, 0.25) is 0 Å². The first-order valence-corrected chi connectivity index (χ1v) is 2.91. The summed E-state index contributed by atoms with van der Waals surface area (Å²) in [7, 11) is 0. The van der Waals surface area contributed by atoms with Crippen molar-refractivity contribution in [2.75, 3.05) is 0 Å². The Morgan fingerprint density at radius 3 is 1.75 bits per heavy atom. The number of nitrogens with one attached hydrogen (secondary N) is 1. The van der Waals surface area contributed by atoms with Crippen LogP contribution >= 0.6 is 0 Å². The third-order valence-electron chi connectivity index (χ3n) is 0.903. The molecular weight excluding hydrogens is 231 g/mol.